The normalized spacial score (nSPS) is 14.9. The number of nitrogens with zero attached hydrogens (tertiary/aromatic N) is 1. The molecular formula is C26H28N2O4S2. The third-order valence-electron chi connectivity index (χ3n) is 5.97. The molecule has 0 atom stereocenters. The van der Waals surface area contributed by atoms with E-state index >= 15 is 0 Å². The van der Waals surface area contributed by atoms with Gasteiger partial charge in [-0.25, -0.2) is 13.4 Å². The smallest absolute Gasteiger partial charge is 0.250 e. The second-order valence-electron chi connectivity index (χ2n) is 8.44. The number of hydrogen-bond donors (Lipinski definition) is 1. The van der Waals surface area contributed by atoms with Crippen LogP contribution in [0.3, 0.4) is 0 Å². The van der Waals surface area contributed by atoms with Crippen LogP contribution in [0.5, 0.6) is 5.75 Å². The van der Waals surface area contributed by atoms with E-state index in [0.29, 0.717) is 10.0 Å². The molecule has 3 aromatic rings. The molecule has 6 nitrogen and oxygen atoms in total. The van der Waals surface area contributed by atoms with Crippen LogP contribution in [-0.4, -0.2) is 32.2 Å². The highest BCUT2D eigenvalue weighted by molar-refractivity contribution is 7.91. The van der Waals surface area contributed by atoms with Gasteiger partial charge in [-0.15, -0.1) is 11.3 Å². The first-order valence-corrected chi connectivity index (χ1v) is 13.9. The average molecular weight is 497 g/mol. The topological polar surface area (TPSA) is 85.4 Å². The molecule has 1 heterocycles. The first-order chi connectivity index (χ1) is 16.4. The molecule has 1 saturated carbocycles. The van der Waals surface area contributed by atoms with E-state index in [1.165, 1.54) is 23.8 Å². The Hall–Kier alpha value is -2.97. The fraction of sp³-hybridized carbons (Fsp3) is 0.308. The van der Waals surface area contributed by atoms with Crippen LogP contribution in [0.25, 0.3) is 17.3 Å². The molecule has 1 fully saturated rings. The Balaban J connectivity index is 1.33. The van der Waals surface area contributed by atoms with E-state index in [1.54, 1.807) is 37.5 Å². The summed E-state index contributed by atoms with van der Waals surface area (Å²) in [6, 6.07) is 14.3. The SMILES string of the molecule is COc1ccc(-c2csc(NC(=O)/C=C\c3ccc(S(=O)(=O)CC4CCCCC4)cc3)n2)cc1. The summed E-state index contributed by atoms with van der Waals surface area (Å²) in [6.07, 6.45) is 8.51. The fourth-order valence-corrected chi connectivity index (χ4v) is 6.51. The van der Waals surface area contributed by atoms with E-state index in [2.05, 4.69) is 10.3 Å². The van der Waals surface area contributed by atoms with Crippen molar-refractivity contribution in [2.24, 2.45) is 5.92 Å². The number of carbonyl (C=O) groups excluding carboxylic acids is 1. The van der Waals surface area contributed by atoms with Crippen LogP contribution in [0.4, 0.5) is 5.13 Å². The van der Waals surface area contributed by atoms with E-state index in [0.717, 1.165) is 48.3 Å². The van der Waals surface area contributed by atoms with Crippen molar-refractivity contribution >= 4 is 38.3 Å². The molecule has 0 bridgehead atoms. The molecule has 0 unspecified atom stereocenters. The number of ether oxygens (including phenoxy) is 1. The van der Waals surface area contributed by atoms with Gasteiger partial charge in [-0.3, -0.25) is 10.1 Å². The number of hydrogen-bond acceptors (Lipinski definition) is 6. The third-order valence-corrected chi connectivity index (χ3v) is 8.62. The number of nitrogens with one attached hydrogen (secondary N) is 1. The lowest BCUT2D eigenvalue weighted by atomic mass is 9.91. The molecule has 4 rings (SSSR count). The first-order valence-electron chi connectivity index (χ1n) is 11.3. The van der Waals surface area contributed by atoms with Crippen LogP contribution in [0.1, 0.15) is 37.7 Å². The molecule has 0 radical (unpaired) electrons. The molecule has 1 amide bonds. The van der Waals surface area contributed by atoms with Gasteiger partial charge in [0.05, 0.1) is 23.5 Å². The van der Waals surface area contributed by atoms with Gasteiger partial charge >= 0.3 is 0 Å². The van der Waals surface area contributed by atoms with Crippen molar-refractivity contribution < 1.29 is 17.9 Å². The number of rotatable bonds is 8. The minimum absolute atomic E-state index is 0.219. The maximum atomic E-state index is 12.7. The molecule has 178 valence electrons. The summed E-state index contributed by atoms with van der Waals surface area (Å²) < 4.78 is 30.6. The predicted molar refractivity (Wildman–Crippen MR) is 137 cm³/mol. The van der Waals surface area contributed by atoms with Gasteiger partial charge in [0.25, 0.3) is 0 Å². The summed E-state index contributed by atoms with van der Waals surface area (Å²) in [7, 11) is -1.67. The van der Waals surface area contributed by atoms with Gasteiger partial charge in [0.2, 0.25) is 5.91 Å². The minimum atomic E-state index is -3.29. The first kappa shape index (κ1) is 24.2. The summed E-state index contributed by atoms with van der Waals surface area (Å²) >= 11 is 1.35. The number of amides is 1. The van der Waals surface area contributed by atoms with E-state index in [4.69, 9.17) is 4.74 Å². The summed E-state index contributed by atoms with van der Waals surface area (Å²) in [6.45, 7) is 0. The Morgan fingerprint density at radius 2 is 1.79 bits per heavy atom. The number of thiazole rings is 1. The van der Waals surface area contributed by atoms with Crippen LogP contribution in [0.2, 0.25) is 0 Å². The number of sulfone groups is 1. The Labute approximate surface area is 204 Å². The highest BCUT2D eigenvalue weighted by Gasteiger charge is 2.22. The van der Waals surface area contributed by atoms with Crippen LogP contribution in [-0.2, 0) is 14.6 Å². The lowest BCUT2D eigenvalue weighted by Crippen LogP contribution is -2.18. The summed E-state index contributed by atoms with van der Waals surface area (Å²) in [5.41, 5.74) is 2.47. The van der Waals surface area contributed by atoms with Crippen molar-refractivity contribution in [1.82, 2.24) is 4.98 Å². The average Bonchev–Trinajstić information content (AvgIpc) is 3.32. The highest BCUT2D eigenvalue weighted by Crippen LogP contribution is 2.28. The molecule has 1 aromatic heterocycles. The number of methoxy groups -OCH3 is 1. The molecule has 1 N–H and O–H groups in total. The van der Waals surface area contributed by atoms with Crippen LogP contribution >= 0.6 is 11.3 Å². The van der Waals surface area contributed by atoms with Crippen molar-refractivity contribution in [3.8, 4) is 17.0 Å². The van der Waals surface area contributed by atoms with Gasteiger partial charge < -0.3 is 4.74 Å². The lowest BCUT2D eigenvalue weighted by Gasteiger charge is -2.21. The van der Waals surface area contributed by atoms with Crippen molar-refractivity contribution in [2.45, 2.75) is 37.0 Å². The molecule has 1 aliphatic rings. The van der Waals surface area contributed by atoms with E-state index < -0.39 is 9.84 Å². The zero-order valence-corrected chi connectivity index (χ0v) is 20.7. The zero-order valence-electron chi connectivity index (χ0n) is 19.1. The summed E-state index contributed by atoms with van der Waals surface area (Å²) in [5.74, 6) is 0.951. The van der Waals surface area contributed by atoms with Crippen molar-refractivity contribution in [1.29, 1.82) is 0 Å². The van der Waals surface area contributed by atoms with Gasteiger partial charge in [0.1, 0.15) is 5.75 Å². The monoisotopic (exact) mass is 496 g/mol. The molecule has 0 spiro atoms. The van der Waals surface area contributed by atoms with Crippen LogP contribution in [0, 0.1) is 5.92 Å². The standard InChI is InChI=1S/C26H28N2O4S2/c1-32-22-12-10-21(11-13-22)24-17-33-26(27-24)28-25(29)16-9-19-7-14-23(15-8-19)34(30,31)18-20-5-3-2-4-6-20/h7-17,20H,2-6,18H2,1H3,(H,27,28,29)/b16-9-. The van der Waals surface area contributed by atoms with E-state index in [9.17, 15) is 13.2 Å². The van der Waals surface area contributed by atoms with Gasteiger partial charge in [-0.1, -0.05) is 31.4 Å². The Morgan fingerprint density at radius 3 is 2.47 bits per heavy atom. The molecule has 0 aliphatic heterocycles. The molecule has 0 saturated heterocycles. The largest absolute Gasteiger partial charge is 0.497 e. The van der Waals surface area contributed by atoms with Gasteiger partial charge in [-0.05, 0) is 66.8 Å². The van der Waals surface area contributed by atoms with Crippen molar-refractivity contribution in [3.63, 3.8) is 0 Å². The Bertz CT molecular complexity index is 1240. The minimum Gasteiger partial charge on any atom is -0.497 e. The molecule has 1 aliphatic carbocycles. The maximum Gasteiger partial charge on any atom is 0.250 e. The molecule has 34 heavy (non-hydrogen) atoms. The van der Waals surface area contributed by atoms with Crippen molar-refractivity contribution in [2.75, 3.05) is 18.2 Å². The fourth-order valence-electron chi connectivity index (χ4n) is 4.09. The highest BCUT2D eigenvalue weighted by atomic mass is 32.2. The second kappa shape index (κ2) is 11.0. The Morgan fingerprint density at radius 1 is 1.09 bits per heavy atom. The third kappa shape index (κ3) is 6.33. The predicted octanol–water partition coefficient (Wildman–Crippen LogP) is 5.82. The molecular weight excluding hydrogens is 468 g/mol. The summed E-state index contributed by atoms with van der Waals surface area (Å²) in [4.78, 5) is 17.1. The van der Waals surface area contributed by atoms with E-state index in [1.807, 2.05) is 29.6 Å². The molecule has 2 aromatic carbocycles. The van der Waals surface area contributed by atoms with Gasteiger partial charge in [0, 0.05) is 17.0 Å². The number of aromatic nitrogens is 1. The van der Waals surface area contributed by atoms with Gasteiger partial charge in [0.15, 0.2) is 15.0 Å². The van der Waals surface area contributed by atoms with E-state index in [-0.39, 0.29) is 17.6 Å². The zero-order chi connectivity index (χ0) is 24.0. The Kier molecular flexibility index (Phi) is 7.80. The van der Waals surface area contributed by atoms with Crippen molar-refractivity contribution in [3.05, 3.63) is 65.6 Å². The lowest BCUT2D eigenvalue weighted by molar-refractivity contribution is -0.111. The number of anilines is 1. The maximum absolute atomic E-state index is 12.7. The van der Waals surface area contributed by atoms with Crippen LogP contribution in [0.15, 0.2) is 64.9 Å². The second-order valence-corrected chi connectivity index (χ2v) is 11.3. The number of benzene rings is 2. The molecule has 8 heteroatoms. The number of carbonyl (C=O) groups is 1. The van der Waals surface area contributed by atoms with Crippen LogP contribution < -0.4 is 10.1 Å². The quantitative estimate of drug-likeness (QED) is 0.397. The van der Waals surface area contributed by atoms with Gasteiger partial charge in [-0.2, -0.15) is 0 Å². The summed E-state index contributed by atoms with van der Waals surface area (Å²) in [5, 5.41) is 5.15.